The monoisotopic (exact) mass is 292 g/mol. The van der Waals surface area contributed by atoms with Gasteiger partial charge in [-0.2, -0.15) is 0 Å². The van der Waals surface area contributed by atoms with Gasteiger partial charge < -0.3 is 19.0 Å². The minimum atomic E-state index is -0.116. The molecule has 2 heterocycles. The van der Waals surface area contributed by atoms with Gasteiger partial charge in [0.15, 0.2) is 4.77 Å². The summed E-state index contributed by atoms with van der Waals surface area (Å²) in [7, 11) is 0. The molecule has 0 spiro atoms. The molecule has 1 aromatic heterocycles. The summed E-state index contributed by atoms with van der Waals surface area (Å²) in [5, 5.41) is 0. The van der Waals surface area contributed by atoms with Crippen molar-refractivity contribution >= 4 is 23.3 Å². The number of hydrogen-bond acceptors (Lipinski definition) is 3. The van der Waals surface area contributed by atoms with Crippen LogP contribution in [0.1, 0.15) is 26.7 Å². The number of nitrogens with zero attached hydrogens (tertiary/aromatic N) is 1. The smallest absolute Gasteiger partial charge is 0.178 e. The molecule has 1 N–H and O–H groups in total. The Kier molecular flexibility index (Phi) is 3.56. The van der Waals surface area contributed by atoms with Gasteiger partial charge in [-0.15, -0.1) is 0 Å². The van der Waals surface area contributed by atoms with Crippen LogP contribution < -0.4 is 4.74 Å². The number of imidazole rings is 1. The fourth-order valence-corrected chi connectivity index (χ4v) is 3.15. The maximum absolute atomic E-state index is 5.88. The molecule has 0 saturated carbocycles. The van der Waals surface area contributed by atoms with Crippen molar-refractivity contribution in [1.29, 1.82) is 0 Å². The molecule has 20 heavy (non-hydrogen) atoms. The Labute approximate surface area is 123 Å². The SMILES string of the molecule is CCOc1cccc2c1[nH]c(=S)n2CC1(C)CCCO1. The van der Waals surface area contributed by atoms with Crippen LogP contribution in [0.5, 0.6) is 5.75 Å². The summed E-state index contributed by atoms with van der Waals surface area (Å²) >= 11 is 5.48. The molecule has 4 nitrogen and oxygen atoms in total. The lowest BCUT2D eigenvalue weighted by Crippen LogP contribution is -2.29. The van der Waals surface area contributed by atoms with E-state index in [2.05, 4.69) is 22.5 Å². The lowest BCUT2D eigenvalue weighted by Gasteiger charge is -2.23. The molecule has 0 amide bonds. The molecule has 0 radical (unpaired) electrons. The molecule has 1 fully saturated rings. The molecule has 1 unspecified atom stereocenters. The van der Waals surface area contributed by atoms with E-state index < -0.39 is 0 Å². The third-order valence-electron chi connectivity index (χ3n) is 3.87. The van der Waals surface area contributed by atoms with Crippen LogP contribution in [0.15, 0.2) is 18.2 Å². The number of aromatic amines is 1. The summed E-state index contributed by atoms with van der Waals surface area (Å²) in [6, 6.07) is 6.04. The minimum Gasteiger partial charge on any atom is -0.492 e. The zero-order valence-electron chi connectivity index (χ0n) is 11.9. The van der Waals surface area contributed by atoms with E-state index in [-0.39, 0.29) is 5.60 Å². The minimum absolute atomic E-state index is 0.116. The van der Waals surface area contributed by atoms with Crippen LogP contribution >= 0.6 is 12.2 Å². The third kappa shape index (κ3) is 2.36. The predicted octanol–water partition coefficient (Wildman–Crippen LogP) is 3.67. The lowest BCUT2D eigenvalue weighted by atomic mass is 10.0. The molecule has 1 atom stereocenters. The Morgan fingerprint density at radius 3 is 3.05 bits per heavy atom. The average molecular weight is 292 g/mol. The molecule has 1 aliphatic rings. The topological polar surface area (TPSA) is 39.2 Å². The van der Waals surface area contributed by atoms with Gasteiger partial charge in [0, 0.05) is 6.61 Å². The Morgan fingerprint density at radius 2 is 2.35 bits per heavy atom. The van der Waals surface area contributed by atoms with Crippen LogP contribution in [0.3, 0.4) is 0 Å². The third-order valence-corrected chi connectivity index (χ3v) is 4.19. The van der Waals surface area contributed by atoms with E-state index in [0.29, 0.717) is 6.61 Å². The van der Waals surface area contributed by atoms with E-state index in [1.807, 2.05) is 19.1 Å². The number of hydrogen-bond donors (Lipinski definition) is 1. The second-order valence-electron chi connectivity index (χ2n) is 5.50. The number of rotatable bonds is 4. The van der Waals surface area contributed by atoms with Crippen LogP contribution in [0, 0.1) is 4.77 Å². The zero-order valence-corrected chi connectivity index (χ0v) is 12.8. The van der Waals surface area contributed by atoms with Crippen LogP contribution in [0.25, 0.3) is 11.0 Å². The first-order valence-electron chi connectivity index (χ1n) is 7.11. The van der Waals surface area contributed by atoms with Crippen molar-refractivity contribution in [3.8, 4) is 5.75 Å². The van der Waals surface area contributed by atoms with Gasteiger partial charge in [-0.05, 0) is 51.0 Å². The number of aromatic nitrogens is 2. The first kappa shape index (κ1) is 13.6. The molecule has 1 saturated heterocycles. The highest BCUT2D eigenvalue weighted by molar-refractivity contribution is 7.71. The molecule has 1 aliphatic heterocycles. The Balaban J connectivity index is 2.05. The van der Waals surface area contributed by atoms with E-state index in [9.17, 15) is 0 Å². The summed E-state index contributed by atoms with van der Waals surface area (Å²) in [6.07, 6.45) is 2.20. The second kappa shape index (κ2) is 5.22. The maximum Gasteiger partial charge on any atom is 0.178 e. The maximum atomic E-state index is 5.88. The highest BCUT2D eigenvalue weighted by Crippen LogP contribution is 2.30. The summed E-state index contributed by atoms with van der Waals surface area (Å²) in [4.78, 5) is 3.27. The van der Waals surface area contributed by atoms with E-state index in [0.717, 1.165) is 47.5 Å². The van der Waals surface area contributed by atoms with E-state index >= 15 is 0 Å². The number of H-pyrrole nitrogens is 1. The van der Waals surface area contributed by atoms with Crippen molar-refractivity contribution in [3.05, 3.63) is 23.0 Å². The molecular weight excluding hydrogens is 272 g/mol. The first-order valence-corrected chi connectivity index (χ1v) is 7.52. The quantitative estimate of drug-likeness (QED) is 0.874. The number of fused-ring (bicyclic) bond motifs is 1. The first-order chi connectivity index (χ1) is 9.63. The normalized spacial score (nSPS) is 22.5. The summed E-state index contributed by atoms with van der Waals surface area (Å²) in [5.74, 6) is 0.854. The van der Waals surface area contributed by atoms with Gasteiger partial charge in [-0.1, -0.05) is 6.07 Å². The van der Waals surface area contributed by atoms with Gasteiger partial charge in [-0.25, -0.2) is 0 Å². The number of para-hydroxylation sites is 1. The standard InChI is InChI=1S/C15H20N2O2S/c1-3-18-12-7-4-6-11-13(12)16-14(20)17(11)10-15(2)8-5-9-19-15/h4,6-7H,3,5,8-10H2,1-2H3,(H,16,20). The van der Waals surface area contributed by atoms with Crippen LogP contribution in [-0.4, -0.2) is 28.4 Å². The van der Waals surface area contributed by atoms with Crippen molar-refractivity contribution < 1.29 is 9.47 Å². The Bertz CT molecular complexity index is 668. The van der Waals surface area contributed by atoms with Crippen LogP contribution in [-0.2, 0) is 11.3 Å². The molecule has 108 valence electrons. The second-order valence-corrected chi connectivity index (χ2v) is 5.89. The largest absolute Gasteiger partial charge is 0.492 e. The van der Waals surface area contributed by atoms with Crippen LogP contribution in [0.4, 0.5) is 0 Å². The van der Waals surface area contributed by atoms with Gasteiger partial charge in [0.05, 0.1) is 24.3 Å². The molecule has 1 aromatic carbocycles. The average Bonchev–Trinajstić information content (AvgIpc) is 2.97. The van der Waals surface area contributed by atoms with Crippen molar-refractivity contribution in [2.45, 2.75) is 38.8 Å². The van der Waals surface area contributed by atoms with Crippen molar-refractivity contribution in [2.24, 2.45) is 0 Å². The number of nitrogens with one attached hydrogen (secondary N) is 1. The van der Waals surface area contributed by atoms with Crippen molar-refractivity contribution in [1.82, 2.24) is 9.55 Å². The molecule has 0 aliphatic carbocycles. The Hall–Kier alpha value is -1.33. The predicted molar refractivity (Wildman–Crippen MR) is 81.9 cm³/mol. The molecule has 0 bridgehead atoms. The Morgan fingerprint density at radius 1 is 1.50 bits per heavy atom. The van der Waals surface area contributed by atoms with E-state index in [1.54, 1.807) is 0 Å². The van der Waals surface area contributed by atoms with Gasteiger partial charge in [0.2, 0.25) is 0 Å². The lowest BCUT2D eigenvalue weighted by molar-refractivity contribution is 0.00679. The number of benzene rings is 1. The summed E-state index contributed by atoms with van der Waals surface area (Å²) in [6.45, 7) is 6.41. The fraction of sp³-hybridized carbons (Fsp3) is 0.533. The van der Waals surface area contributed by atoms with Gasteiger partial charge in [0.1, 0.15) is 11.3 Å². The zero-order chi connectivity index (χ0) is 14.2. The summed E-state index contributed by atoms with van der Waals surface area (Å²) in [5.41, 5.74) is 1.94. The van der Waals surface area contributed by atoms with Crippen molar-refractivity contribution in [3.63, 3.8) is 0 Å². The fourth-order valence-electron chi connectivity index (χ4n) is 2.88. The highest BCUT2D eigenvalue weighted by Gasteiger charge is 2.31. The summed E-state index contributed by atoms with van der Waals surface area (Å²) < 4.78 is 14.4. The molecule has 3 rings (SSSR count). The van der Waals surface area contributed by atoms with E-state index in [1.165, 1.54) is 0 Å². The molecular formula is C15H20N2O2S. The van der Waals surface area contributed by atoms with Gasteiger partial charge in [-0.3, -0.25) is 0 Å². The number of ether oxygens (including phenoxy) is 2. The molecule has 5 heteroatoms. The van der Waals surface area contributed by atoms with Crippen LogP contribution in [0.2, 0.25) is 0 Å². The van der Waals surface area contributed by atoms with Gasteiger partial charge >= 0.3 is 0 Å². The highest BCUT2D eigenvalue weighted by atomic mass is 32.1. The van der Waals surface area contributed by atoms with Gasteiger partial charge in [0.25, 0.3) is 0 Å². The van der Waals surface area contributed by atoms with Crippen molar-refractivity contribution in [2.75, 3.05) is 13.2 Å². The van der Waals surface area contributed by atoms with E-state index in [4.69, 9.17) is 21.7 Å². The molecule has 2 aromatic rings.